The summed E-state index contributed by atoms with van der Waals surface area (Å²) < 4.78 is 5.61. The lowest BCUT2D eigenvalue weighted by Gasteiger charge is -2.20. The zero-order valence-electron chi connectivity index (χ0n) is 14.4. The standard InChI is InChI=1S/C20H22N2O3/c1-14-7-8-16(25-14)11-21-12-17-18(13-21)20(24)22(19(17)23)10-9-15-5-3-2-4-6-15/h2-8,17-18H,9-13H2,1H3/t17-,18+. The highest BCUT2D eigenvalue weighted by Crippen LogP contribution is 2.34. The van der Waals surface area contributed by atoms with Gasteiger partial charge in [-0.3, -0.25) is 19.4 Å². The lowest BCUT2D eigenvalue weighted by Crippen LogP contribution is -2.37. The molecule has 0 spiro atoms. The van der Waals surface area contributed by atoms with E-state index in [1.807, 2.05) is 49.4 Å². The van der Waals surface area contributed by atoms with Gasteiger partial charge >= 0.3 is 0 Å². The first kappa shape index (κ1) is 16.1. The van der Waals surface area contributed by atoms with E-state index in [0.29, 0.717) is 32.6 Å². The van der Waals surface area contributed by atoms with Crippen molar-refractivity contribution < 1.29 is 14.0 Å². The van der Waals surface area contributed by atoms with E-state index in [4.69, 9.17) is 4.42 Å². The van der Waals surface area contributed by atoms with E-state index in [1.54, 1.807) is 0 Å². The van der Waals surface area contributed by atoms with Crippen LogP contribution < -0.4 is 0 Å². The Morgan fingerprint density at radius 3 is 2.28 bits per heavy atom. The van der Waals surface area contributed by atoms with Crippen molar-refractivity contribution in [3.05, 3.63) is 59.5 Å². The first-order valence-electron chi connectivity index (χ1n) is 8.78. The summed E-state index contributed by atoms with van der Waals surface area (Å²) in [6.45, 7) is 4.32. The number of benzene rings is 1. The van der Waals surface area contributed by atoms with Crippen molar-refractivity contribution in [2.75, 3.05) is 19.6 Å². The van der Waals surface area contributed by atoms with Gasteiger partial charge in [0.2, 0.25) is 11.8 Å². The van der Waals surface area contributed by atoms with E-state index in [-0.39, 0.29) is 23.7 Å². The molecular weight excluding hydrogens is 316 g/mol. The van der Waals surface area contributed by atoms with Crippen LogP contribution >= 0.6 is 0 Å². The number of furan rings is 1. The number of aryl methyl sites for hydroxylation is 1. The molecule has 2 atom stereocenters. The quantitative estimate of drug-likeness (QED) is 0.785. The van der Waals surface area contributed by atoms with E-state index in [1.165, 1.54) is 4.90 Å². The van der Waals surface area contributed by atoms with Crippen LogP contribution in [0.3, 0.4) is 0 Å². The van der Waals surface area contributed by atoms with E-state index < -0.39 is 0 Å². The largest absolute Gasteiger partial charge is 0.465 e. The Kier molecular flexibility index (Phi) is 4.17. The van der Waals surface area contributed by atoms with Crippen LogP contribution in [-0.2, 0) is 22.6 Å². The molecule has 1 aromatic carbocycles. The van der Waals surface area contributed by atoms with Crippen molar-refractivity contribution in [3.63, 3.8) is 0 Å². The van der Waals surface area contributed by atoms with Gasteiger partial charge < -0.3 is 4.42 Å². The Labute approximate surface area is 147 Å². The maximum Gasteiger partial charge on any atom is 0.234 e. The molecule has 0 radical (unpaired) electrons. The van der Waals surface area contributed by atoms with Gasteiger partial charge in [0.1, 0.15) is 11.5 Å². The summed E-state index contributed by atoms with van der Waals surface area (Å²) >= 11 is 0. The molecule has 2 amide bonds. The minimum absolute atomic E-state index is 0.0101. The van der Waals surface area contributed by atoms with Crippen molar-refractivity contribution in [1.29, 1.82) is 0 Å². The number of hydrogen-bond acceptors (Lipinski definition) is 4. The molecule has 0 bridgehead atoms. The van der Waals surface area contributed by atoms with Crippen LogP contribution in [-0.4, -0.2) is 41.2 Å². The number of carbonyl (C=O) groups excluding carboxylic acids is 2. The average Bonchev–Trinajstić information content (AvgIpc) is 3.26. The van der Waals surface area contributed by atoms with Gasteiger partial charge in [0.25, 0.3) is 0 Å². The maximum atomic E-state index is 12.7. The van der Waals surface area contributed by atoms with Crippen molar-refractivity contribution in [3.8, 4) is 0 Å². The zero-order valence-corrected chi connectivity index (χ0v) is 14.4. The second kappa shape index (κ2) is 6.48. The predicted molar refractivity (Wildman–Crippen MR) is 92.6 cm³/mol. The normalized spacial score (nSPS) is 23.5. The molecule has 130 valence electrons. The fourth-order valence-corrected chi connectivity index (χ4v) is 3.92. The predicted octanol–water partition coefficient (Wildman–Crippen LogP) is 2.25. The molecule has 2 fully saturated rings. The van der Waals surface area contributed by atoms with E-state index in [2.05, 4.69) is 4.90 Å². The smallest absolute Gasteiger partial charge is 0.234 e. The maximum absolute atomic E-state index is 12.7. The van der Waals surface area contributed by atoms with Gasteiger partial charge in [-0.25, -0.2) is 0 Å². The van der Waals surface area contributed by atoms with Crippen molar-refractivity contribution in [2.24, 2.45) is 11.8 Å². The number of amides is 2. The number of nitrogens with zero attached hydrogens (tertiary/aromatic N) is 2. The SMILES string of the molecule is Cc1ccc(CN2C[C@@H]3C(=O)N(CCc4ccccc4)C(=O)[C@@H]3C2)o1. The Balaban J connectivity index is 1.37. The summed E-state index contributed by atoms with van der Waals surface area (Å²) in [6, 6.07) is 13.9. The molecule has 5 heteroatoms. The van der Waals surface area contributed by atoms with Crippen LogP contribution in [0.15, 0.2) is 46.9 Å². The molecule has 2 aliphatic heterocycles. The Morgan fingerprint density at radius 1 is 1.00 bits per heavy atom. The van der Waals surface area contributed by atoms with Crippen LogP contribution in [0.25, 0.3) is 0 Å². The minimum atomic E-state index is -0.195. The molecule has 0 saturated carbocycles. The highest BCUT2D eigenvalue weighted by molar-refractivity contribution is 6.05. The molecule has 0 aliphatic carbocycles. The first-order chi connectivity index (χ1) is 12.1. The summed E-state index contributed by atoms with van der Waals surface area (Å²) in [7, 11) is 0. The summed E-state index contributed by atoms with van der Waals surface area (Å²) in [5.74, 6) is 1.36. The summed E-state index contributed by atoms with van der Waals surface area (Å²) in [4.78, 5) is 29.0. The third-order valence-electron chi connectivity index (χ3n) is 5.20. The molecule has 4 rings (SSSR count). The molecule has 3 heterocycles. The van der Waals surface area contributed by atoms with Gasteiger partial charge in [0.15, 0.2) is 0 Å². The number of fused-ring (bicyclic) bond motifs is 1. The monoisotopic (exact) mass is 338 g/mol. The summed E-state index contributed by atoms with van der Waals surface area (Å²) in [6.07, 6.45) is 0.715. The number of hydrogen-bond donors (Lipinski definition) is 0. The fourth-order valence-electron chi connectivity index (χ4n) is 3.92. The number of carbonyl (C=O) groups is 2. The van der Waals surface area contributed by atoms with E-state index >= 15 is 0 Å². The summed E-state index contributed by atoms with van der Waals surface area (Å²) in [5.41, 5.74) is 1.15. The minimum Gasteiger partial charge on any atom is -0.465 e. The van der Waals surface area contributed by atoms with Crippen LogP contribution in [0.5, 0.6) is 0 Å². The number of imide groups is 1. The Morgan fingerprint density at radius 2 is 1.68 bits per heavy atom. The fraction of sp³-hybridized carbons (Fsp3) is 0.400. The van der Waals surface area contributed by atoms with Gasteiger partial charge in [-0.05, 0) is 31.0 Å². The molecule has 5 nitrogen and oxygen atoms in total. The lowest BCUT2D eigenvalue weighted by molar-refractivity contribution is -0.140. The lowest BCUT2D eigenvalue weighted by atomic mass is 10.00. The Bertz CT molecular complexity index is 759. The molecule has 2 aliphatic rings. The van der Waals surface area contributed by atoms with Gasteiger partial charge in [0, 0.05) is 19.6 Å². The third-order valence-corrected chi connectivity index (χ3v) is 5.20. The van der Waals surface area contributed by atoms with Crippen molar-refractivity contribution in [2.45, 2.75) is 19.9 Å². The molecule has 0 N–H and O–H groups in total. The van der Waals surface area contributed by atoms with E-state index in [0.717, 1.165) is 17.1 Å². The summed E-state index contributed by atoms with van der Waals surface area (Å²) in [5, 5.41) is 0. The van der Waals surface area contributed by atoms with Gasteiger partial charge in [0.05, 0.1) is 18.4 Å². The van der Waals surface area contributed by atoms with Crippen LogP contribution in [0.4, 0.5) is 0 Å². The molecule has 2 aromatic rings. The van der Waals surface area contributed by atoms with Gasteiger partial charge in [-0.15, -0.1) is 0 Å². The molecule has 25 heavy (non-hydrogen) atoms. The zero-order chi connectivity index (χ0) is 17.4. The van der Waals surface area contributed by atoms with Gasteiger partial charge in [-0.1, -0.05) is 30.3 Å². The van der Waals surface area contributed by atoms with E-state index in [9.17, 15) is 9.59 Å². The molecule has 1 aromatic heterocycles. The highest BCUT2D eigenvalue weighted by atomic mass is 16.3. The van der Waals surface area contributed by atoms with Gasteiger partial charge in [-0.2, -0.15) is 0 Å². The van der Waals surface area contributed by atoms with Crippen LogP contribution in [0.1, 0.15) is 17.1 Å². The first-order valence-corrected chi connectivity index (χ1v) is 8.78. The average molecular weight is 338 g/mol. The second-order valence-electron chi connectivity index (χ2n) is 6.98. The Hall–Kier alpha value is -2.40. The van der Waals surface area contributed by atoms with Crippen molar-refractivity contribution >= 4 is 11.8 Å². The number of likely N-dealkylation sites (tertiary alicyclic amines) is 2. The van der Waals surface area contributed by atoms with Crippen molar-refractivity contribution in [1.82, 2.24) is 9.80 Å². The molecule has 2 saturated heterocycles. The van der Waals surface area contributed by atoms with Crippen LogP contribution in [0, 0.1) is 18.8 Å². The molecule has 0 unspecified atom stereocenters. The topological polar surface area (TPSA) is 53.8 Å². The highest BCUT2D eigenvalue weighted by Gasteiger charge is 2.51. The van der Waals surface area contributed by atoms with Crippen LogP contribution in [0.2, 0.25) is 0 Å². The molecular formula is C20H22N2O3. The second-order valence-corrected chi connectivity index (χ2v) is 6.98. The number of rotatable bonds is 5. The third kappa shape index (κ3) is 3.12.